The Kier molecular flexibility index (Phi) is 13.6. The SMILES string of the molecule is Cc1ccc2nc3c4cc5c(=O)n6c7cc(C)ccc7nc6c5cc4c(=O)n3c2c1.Cc1ccc2nc3c4cc5c(cc4c(=O)n3c2c1)c(=O)n1c2cc(C)ccc2nc51.Cc1ccc2nc3c4ccc5c(=O)n6c7cc(C)ccc7nc6c6ccc(c(=O)n3c2c1)c4c56.Cc1ccc2nc3c4ccc5c6c(ccc(c(=O)n3c2c1)c46)c(=O)n1c2cc(C)ccc2nc51. The number of aryl methyl sites for hydroxylation is 8. The molecule has 16 heterocycles. The Hall–Kier alpha value is -17.3. The van der Waals surface area contributed by atoms with Crippen LogP contribution in [-0.2, 0) is 0 Å². The van der Waals surface area contributed by atoms with E-state index in [1.807, 2.05) is 243 Å². The minimum Gasteiger partial charge on any atom is -0.268 e. The molecule has 0 atom stereocenters. The second-order valence-electron chi connectivity index (χ2n) is 34.6. The molecule has 16 aromatic heterocycles. The van der Waals surface area contributed by atoms with Crippen molar-refractivity contribution in [3.63, 3.8) is 0 Å². The molecular weight excluding hydrogens is 1600 g/mol. The Morgan fingerprint density at radius 2 is 0.281 bits per heavy atom. The van der Waals surface area contributed by atoms with Crippen molar-refractivity contribution in [1.82, 2.24) is 75.1 Å². The molecule has 0 fully saturated rings. The number of hydrogen-bond donors (Lipinski definition) is 0. The highest BCUT2D eigenvalue weighted by molar-refractivity contribution is 6.30. The van der Waals surface area contributed by atoms with Crippen LogP contribution >= 0.6 is 0 Å². The number of pyridine rings is 4. The van der Waals surface area contributed by atoms with Crippen LogP contribution in [0.5, 0.6) is 0 Å². The molecule has 30 aromatic rings. The quantitative estimate of drug-likeness (QED) is 0.128. The zero-order valence-corrected chi connectivity index (χ0v) is 69.2. The monoisotopic (exact) mass is 1660 g/mol. The van der Waals surface area contributed by atoms with Gasteiger partial charge in [0.1, 0.15) is 45.2 Å². The molecule has 0 spiro atoms. The predicted molar refractivity (Wildman–Crippen MR) is 508 cm³/mol. The van der Waals surface area contributed by atoms with Gasteiger partial charge < -0.3 is 0 Å². The summed E-state index contributed by atoms with van der Waals surface area (Å²) in [6, 6.07) is 69.6. The minimum atomic E-state index is -0.144. The third-order valence-electron chi connectivity index (χ3n) is 26.5. The largest absolute Gasteiger partial charge is 0.268 e. The van der Waals surface area contributed by atoms with E-state index >= 15 is 0 Å². The molecule has 0 aliphatic carbocycles. The lowest BCUT2D eigenvalue weighted by molar-refractivity contribution is 1.18. The van der Waals surface area contributed by atoms with Gasteiger partial charge in [0.25, 0.3) is 44.5 Å². The molecule has 0 radical (unpaired) electrons. The van der Waals surface area contributed by atoms with E-state index in [1.165, 1.54) is 0 Å². The first-order valence-corrected chi connectivity index (χ1v) is 41.9. The van der Waals surface area contributed by atoms with Gasteiger partial charge in [0.15, 0.2) is 0 Å². The Labute approximate surface area is 713 Å². The van der Waals surface area contributed by atoms with E-state index in [9.17, 15) is 38.4 Å². The molecular formula is C104H60N16O8. The Morgan fingerprint density at radius 3 is 0.453 bits per heavy atom. The van der Waals surface area contributed by atoms with Crippen molar-refractivity contribution in [2.45, 2.75) is 55.4 Å². The average Bonchev–Trinajstić information content (AvgIpc) is 1.41. The maximum absolute atomic E-state index is 13.7. The highest BCUT2D eigenvalue weighted by Crippen LogP contribution is 2.42. The highest BCUT2D eigenvalue weighted by atomic mass is 16.2. The first-order valence-electron chi connectivity index (χ1n) is 41.9. The summed E-state index contributed by atoms with van der Waals surface area (Å²) in [7, 11) is 0. The summed E-state index contributed by atoms with van der Waals surface area (Å²) in [4.78, 5) is 146. The molecule has 24 nitrogen and oxygen atoms in total. The van der Waals surface area contributed by atoms with Crippen LogP contribution in [0.3, 0.4) is 0 Å². The number of hydrogen-bond acceptors (Lipinski definition) is 16. The van der Waals surface area contributed by atoms with Crippen molar-refractivity contribution in [2.75, 3.05) is 0 Å². The van der Waals surface area contributed by atoms with Gasteiger partial charge >= 0.3 is 0 Å². The van der Waals surface area contributed by atoms with Crippen molar-refractivity contribution in [3.05, 3.63) is 346 Å². The molecule has 0 amide bonds. The standard InChI is InChI=1S/2C28H16N4O2.2C24H14N4O2/c1-13-3-9-19-21(11-13)31-25(29-19)15-5-8-18-24-16(6-7-17(23(15)24)27(31)33)26-30-20-10-4-14(2)12-22(20)32(26)28(18)34;1-13-3-9-19-21(11-13)31-25(29-19)15-5-6-16-24-18(8-7-17(23(15)24)27(31)33)28(34)32-22-12-14(2)4-10-20(22)30-26(16)32;1-11-3-5-17-19(7-11)27-21(25-17)13-9-16-14(10-15(13)23(27)29)22-26-18-6-4-12(2)8-20(18)28(22)24(16)30;1-11-3-5-17-19(7-11)27-21(25-17)13-9-14-16(10-15(13)23(27)29)24(30)28-20-8-12(2)4-6-18(20)26-22(14)28/h2*3-12H,1-2H3;2*3-10H,1-2H3. The third kappa shape index (κ3) is 9.18. The number of rotatable bonds is 0. The minimum absolute atomic E-state index is 0.117. The molecule has 128 heavy (non-hydrogen) atoms. The molecule has 0 saturated carbocycles. The number of fused-ring (bicyclic) bond motifs is 36. The van der Waals surface area contributed by atoms with Gasteiger partial charge in [-0.15, -0.1) is 0 Å². The lowest BCUT2D eigenvalue weighted by atomic mass is 9.96. The molecule has 0 saturated heterocycles. The number of nitrogens with zero attached hydrogens (tertiary/aromatic N) is 16. The van der Waals surface area contributed by atoms with E-state index in [2.05, 4.69) is 9.97 Å². The van der Waals surface area contributed by atoms with E-state index in [-0.39, 0.29) is 44.5 Å². The normalized spacial score (nSPS) is 12.6. The van der Waals surface area contributed by atoms with Crippen LogP contribution in [-0.4, -0.2) is 75.1 Å². The zero-order chi connectivity index (χ0) is 86.4. The van der Waals surface area contributed by atoms with E-state index < -0.39 is 0 Å². The number of benzene rings is 14. The molecule has 0 bridgehead atoms. The van der Waals surface area contributed by atoms with E-state index in [0.717, 1.165) is 187 Å². The van der Waals surface area contributed by atoms with Gasteiger partial charge in [-0.25, -0.2) is 39.9 Å². The Balaban J connectivity index is 0.0000000884. The van der Waals surface area contributed by atoms with Crippen LogP contribution in [0, 0.1) is 55.4 Å². The van der Waals surface area contributed by atoms with Crippen LogP contribution in [0.4, 0.5) is 0 Å². The van der Waals surface area contributed by atoms with Crippen molar-refractivity contribution >= 4 is 241 Å². The van der Waals surface area contributed by atoms with Crippen molar-refractivity contribution in [1.29, 1.82) is 0 Å². The summed E-state index contributed by atoms with van der Waals surface area (Å²) in [5, 5.41) is 13.9. The molecule has 0 unspecified atom stereocenters. The van der Waals surface area contributed by atoms with Crippen molar-refractivity contribution in [2.24, 2.45) is 0 Å². The smallest absolute Gasteiger partial charge is 0.264 e. The molecule has 604 valence electrons. The second kappa shape index (κ2) is 24.4. The van der Waals surface area contributed by atoms with Crippen molar-refractivity contribution < 1.29 is 0 Å². The molecule has 30 rings (SSSR count). The van der Waals surface area contributed by atoms with E-state index in [1.54, 1.807) is 65.5 Å². The predicted octanol–water partition coefficient (Wildman–Crippen LogP) is 17.5. The zero-order valence-electron chi connectivity index (χ0n) is 69.2. The second-order valence-corrected chi connectivity index (χ2v) is 34.6. The molecule has 0 aliphatic rings. The summed E-state index contributed by atoms with van der Waals surface area (Å²) in [6.07, 6.45) is 0. The number of imidazole rings is 8. The van der Waals surface area contributed by atoms with Crippen molar-refractivity contribution in [3.8, 4) is 0 Å². The molecule has 24 heteroatoms. The molecule has 0 N–H and O–H groups in total. The van der Waals surface area contributed by atoms with Gasteiger partial charge in [-0.05, 0) is 270 Å². The third-order valence-corrected chi connectivity index (χ3v) is 26.5. The maximum atomic E-state index is 13.7. The van der Waals surface area contributed by atoms with Crippen LogP contribution in [0.15, 0.2) is 257 Å². The van der Waals surface area contributed by atoms with Crippen LogP contribution in [0.1, 0.15) is 44.5 Å². The lowest BCUT2D eigenvalue weighted by Crippen LogP contribution is -2.16. The van der Waals surface area contributed by atoms with Gasteiger partial charge in [0, 0.05) is 86.2 Å². The van der Waals surface area contributed by atoms with Gasteiger partial charge in [-0.2, -0.15) is 0 Å². The van der Waals surface area contributed by atoms with Gasteiger partial charge in [0.2, 0.25) is 0 Å². The van der Waals surface area contributed by atoms with Gasteiger partial charge in [-0.3, -0.25) is 73.6 Å². The Morgan fingerprint density at radius 1 is 0.148 bits per heavy atom. The summed E-state index contributed by atoms with van der Waals surface area (Å²) in [5.74, 6) is 0. The Bertz CT molecular complexity index is 10100. The topological polar surface area (TPSA) is 275 Å². The average molecular weight is 1660 g/mol. The fourth-order valence-electron chi connectivity index (χ4n) is 20.6. The summed E-state index contributed by atoms with van der Waals surface area (Å²) >= 11 is 0. The fourth-order valence-corrected chi connectivity index (χ4v) is 20.6. The van der Waals surface area contributed by atoms with Gasteiger partial charge in [-0.1, -0.05) is 48.5 Å². The van der Waals surface area contributed by atoms with Gasteiger partial charge in [0.05, 0.1) is 110 Å². The van der Waals surface area contributed by atoms with Crippen LogP contribution in [0.2, 0.25) is 0 Å². The highest BCUT2D eigenvalue weighted by Gasteiger charge is 2.29. The first kappa shape index (κ1) is 71.3. The summed E-state index contributed by atoms with van der Waals surface area (Å²) < 4.78 is 13.4. The lowest BCUT2D eigenvalue weighted by Gasteiger charge is -2.12. The maximum Gasteiger partial charge on any atom is 0.264 e. The first-order chi connectivity index (χ1) is 62.0. The fraction of sp³-hybridized carbons (Fsp3) is 0.0769. The van der Waals surface area contributed by atoms with E-state index in [0.29, 0.717) is 99.0 Å². The summed E-state index contributed by atoms with van der Waals surface area (Å²) in [6.45, 7) is 16.0. The molecule has 14 aromatic carbocycles. The summed E-state index contributed by atoms with van der Waals surface area (Å²) in [5.41, 5.74) is 25.0. The molecule has 0 aliphatic heterocycles. The van der Waals surface area contributed by atoms with Crippen LogP contribution < -0.4 is 44.5 Å². The van der Waals surface area contributed by atoms with E-state index in [4.69, 9.17) is 29.9 Å². The number of aromatic nitrogens is 16. The van der Waals surface area contributed by atoms with Crippen LogP contribution in [0.25, 0.3) is 241 Å².